The van der Waals surface area contributed by atoms with Crippen LogP contribution in [0.15, 0.2) is 22.0 Å². The van der Waals surface area contributed by atoms with Crippen LogP contribution in [0.1, 0.15) is 43.3 Å². The van der Waals surface area contributed by atoms with Crippen molar-refractivity contribution in [2.75, 3.05) is 0 Å². The summed E-state index contributed by atoms with van der Waals surface area (Å²) in [7, 11) is 0. The van der Waals surface area contributed by atoms with Crippen molar-refractivity contribution in [3.63, 3.8) is 0 Å². The molecule has 1 saturated heterocycles. The van der Waals surface area contributed by atoms with Gasteiger partial charge in [-0.15, -0.1) is 11.3 Å². The normalized spacial score (nSPS) is 21.7. The van der Waals surface area contributed by atoms with Gasteiger partial charge >= 0.3 is 6.03 Å². The predicted octanol–water partition coefficient (Wildman–Crippen LogP) is 2.22. The van der Waals surface area contributed by atoms with Gasteiger partial charge < -0.3 is 9.84 Å². The molecular formula is C14H16N4O3S. The van der Waals surface area contributed by atoms with Crippen molar-refractivity contribution < 1.29 is 14.1 Å². The molecule has 1 aliphatic heterocycles. The molecule has 3 heterocycles. The molecule has 1 fully saturated rings. The van der Waals surface area contributed by atoms with Crippen molar-refractivity contribution >= 4 is 23.3 Å². The third-order valence-corrected chi connectivity index (χ3v) is 4.67. The second-order valence-corrected chi connectivity index (χ2v) is 6.57. The Morgan fingerprint density at radius 1 is 1.45 bits per heavy atom. The van der Waals surface area contributed by atoms with Crippen molar-refractivity contribution in [3.8, 4) is 0 Å². The fourth-order valence-corrected chi connectivity index (χ4v) is 3.11. The number of carbonyl (C=O) groups is 2. The Kier molecular flexibility index (Phi) is 3.48. The van der Waals surface area contributed by atoms with Gasteiger partial charge in [0.1, 0.15) is 6.54 Å². The second kappa shape index (κ2) is 5.20. The summed E-state index contributed by atoms with van der Waals surface area (Å²) in [5.41, 5.74) is -1.04. The van der Waals surface area contributed by atoms with Gasteiger partial charge in [-0.2, -0.15) is 4.98 Å². The molecule has 0 aromatic carbocycles. The Balaban J connectivity index is 1.83. The van der Waals surface area contributed by atoms with Crippen LogP contribution < -0.4 is 5.32 Å². The zero-order valence-corrected chi connectivity index (χ0v) is 13.3. The van der Waals surface area contributed by atoms with Gasteiger partial charge in [0.15, 0.2) is 11.4 Å². The highest BCUT2D eigenvalue weighted by Crippen LogP contribution is 2.32. The van der Waals surface area contributed by atoms with Gasteiger partial charge in [0.25, 0.3) is 5.91 Å². The summed E-state index contributed by atoms with van der Waals surface area (Å²) < 4.78 is 5.11. The van der Waals surface area contributed by atoms with Crippen molar-refractivity contribution in [2.24, 2.45) is 0 Å². The number of hydrogen-bond donors (Lipinski definition) is 1. The number of aromatic nitrogens is 2. The molecule has 1 atom stereocenters. The molecule has 0 radical (unpaired) electrons. The van der Waals surface area contributed by atoms with E-state index in [4.69, 9.17) is 4.52 Å². The topological polar surface area (TPSA) is 88.3 Å². The number of thiophene rings is 1. The Morgan fingerprint density at radius 2 is 2.23 bits per heavy atom. The van der Waals surface area contributed by atoms with Gasteiger partial charge in [0.05, 0.1) is 0 Å². The van der Waals surface area contributed by atoms with Gasteiger partial charge in [0, 0.05) is 10.8 Å². The molecule has 0 spiro atoms. The first-order valence-corrected chi connectivity index (χ1v) is 7.80. The van der Waals surface area contributed by atoms with Crippen molar-refractivity contribution in [2.45, 2.75) is 38.8 Å². The summed E-state index contributed by atoms with van der Waals surface area (Å²) in [6.45, 7) is 5.56. The number of hydrogen-bond acceptors (Lipinski definition) is 6. The number of urea groups is 1. The maximum absolute atomic E-state index is 12.6. The van der Waals surface area contributed by atoms with Gasteiger partial charge in [-0.3, -0.25) is 9.69 Å². The first-order chi connectivity index (χ1) is 10.4. The highest BCUT2D eigenvalue weighted by atomic mass is 32.1. The monoisotopic (exact) mass is 320 g/mol. The number of carbonyl (C=O) groups excluding carboxylic acids is 2. The molecule has 0 bridgehead atoms. The predicted molar refractivity (Wildman–Crippen MR) is 79.1 cm³/mol. The van der Waals surface area contributed by atoms with E-state index in [1.807, 2.05) is 31.4 Å². The first-order valence-electron chi connectivity index (χ1n) is 6.92. The maximum Gasteiger partial charge on any atom is 0.325 e. The van der Waals surface area contributed by atoms with E-state index in [0.29, 0.717) is 5.82 Å². The van der Waals surface area contributed by atoms with E-state index in [-0.39, 0.29) is 24.3 Å². The van der Waals surface area contributed by atoms with Crippen LogP contribution in [-0.2, 0) is 16.9 Å². The fourth-order valence-electron chi connectivity index (χ4n) is 2.27. The minimum atomic E-state index is -1.04. The lowest BCUT2D eigenvalue weighted by atomic mass is 10.0. The summed E-state index contributed by atoms with van der Waals surface area (Å²) >= 11 is 1.43. The van der Waals surface area contributed by atoms with E-state index >= 15 is 0 Å². The molecule has 8 heteroatoms. The Bertz CT molecular complexity index is 710. The van der Waals surface area contributed by atoms with Crippen LogP contribution in [0.2, 0.25) is 0 Å². The van der Waals surface area contributed by atoms with Crippen molar-refractivity contribution in [1.29, 1.82) is 0 Å². The molecule has 1 aliphatic rings. The maximum atomic E-state index is 12.6. The summed E-state index contributed by atoms with van der Waals surface area (Å²) in [6, 6.07) is 3.22. The van der Waals surface area contributed by atoms with Crippen LogP contribution in [0.25, 0.3) is 0 Å². The quantitative estimate of drug-likeness (QED) is 0.873. The van der Waals surface area contributed by atoms with E-state index in [9.17, 15) is 9.59 Å². The molecule has 0 unspecified atom stereocenters. The number of rotatable bonds is 4. The first kappa shape index (κ1) is 14.7. The molecule has 0 aliphatic carbocycles. The summed E-state index contributed by atoms with van der Waals surface area (Å²) in [4.78, 5) is 30.9. The lowest BCUT2D eigenvalue weighted by Gasteiger charge is -2.19. The summed E-state index contributed by atoms with van der Waals surface area (Å²) in [5, 5.41) is 8.45. The van der Waals surface area contributed by atoms with E-state index in [1.165, 1.54) is 11.3 Å². The number of nitrogens with zero attached hydrogens (tertiary/aromatic N) is 3. The summed E-state index contributed by atoms with van der Waals surface area (Å²) in [6.07, 6.45) is 0. The molecule has 7 nitrogen and oxygen atoms in total. The van der Waals surface area contributed by atoms with Crippen LogP contribution >= 0.6 is 11.3 Å². The van der Waals surface area contributed by atoms with E-state index in [2.05, 4.69) is 15.5 Å². The van der Waals surface area contributed by atoms with Gasteiger partial charge in [0.2, 0.25) is 5.89 Å². The SMILES string of the molecule is CC(C)c1noc(CN2C(=O)N[C@@](C)(c3cccs3)C2=O)n1. The molecule has 116 valence electrons. The van der Waals surface area contributed by atoms with Crippen LogP contribution in [-0.4, -0.2) is 27.0 Å². The standard InChI is InChI=1S/C14H16N4O3S/c1-8(2)11-15-10(21-17-11)7-18-12(19)14(3,16-13(18)20)9-5-4-6-22-9/h4-6,8H,7H2,1-3H3,(H,16,20)/t14-/m0/s1. The molecule has 2 aromatic rings. The lowest BCUT2D eigenvalue weighted by Crippen LogP contribution is -2.40. The fraction of sp³-hybridized carbons (Fsp3) is 0.429. The van der Waals surface area contributed by atoms with E-state index < -0.39 is 11.6 Å². The third kappa shape index (κ3) is 2.29. The minimum Gasteiger partial charge on any atom is -0.337 e. The molecule has 3 amide bonds. The average Bonchev–Trinajstić information content (AvgIpc) is 3.17. The number of amides is 3. The van der Waals surface area contributed by atoms with Gasteiger partial charge in [-0.1, -0.05) is 25.1 Å². The zero-order valence-electron chi connectivity index (χ0n) is 12.5. The average molecular weight is 320 g/mol. The van der Waals surface area contributed by atoms with Gasteiger partial charge in [-0.25, -0.2) is 4.79 Å². The highest BCUT2D eigenvalue weighted by Gasteiger charge is 2.50. The zero-order chi connectivity index (χ0) is 15.9. The Morgan fingerprint density at radius 3 is 2.82 bits per heavy atom. The van der Waals surface area contributed by atoms with E-state index in [1.54, 1.807) is 6.92 Å². The van der Waals surface area contributed by atoms with Crippen LogP contribution in [0.5, 0.6) is 0 Å². The molecule has 22 heavy (non-hydrogen) atoms. The molecule has 1 N–H and O–H groups in total. The highest BCUT2D eigenvalue weighted by molar-refractivity contribution is 7.10. The van der Waals surface area contributed by atoms with Gasteiger partial charge in [-0.05, 0) is 18.4 Å². The molecular weight excluding hydrogens is 304 g/mol. The largest absolute Gasteiger partial charge is 0.337 e. The Labute approximate surface area is 131 Å². The second-order valence-electron chi connectivity index (χ2n) is 5.62. The Hall–Kier alpha value is -2.22. The molecule has 2 aromatic heterocycles. The molecule has 3 rings (SSSR count). The van der Waals surface area contributed by atoms with Crippen molar-refractivity contribution in [3.05, 3.63) is 34.1 Å². The van der Waals surface area contributed by atoms with Crippen LogP contribution in [0.3, 0.4) is 0 Å². The van der Waals surface area contributed by atoms with Crippen molar-refractivity contribution in [1.82, 2.24) is 20.4 Å². The third-order valence-electron chi connectivity index (χ3n) is 3.58. The van der Waals surface area contributed by atoms with Crippen LogP contribution in [0.4, 0.5) is 4.79 Å². The van der Waals surface area contributed by atoms with Crippen LogP contribution in [0, 0.1) is 0 Å². The molecule has 0 saturated carbocycles. The lowest BCUT2D eigenvalue weighted by molar-refractivity contribution is -0.131. The number of imide groups is 1. The van der Waals surface area contributed by atoms with E-state index in [0.717, 1.165) is 9.78 Å². The smallest absolute Gasteiger partial charge is 0.325 e. The summed E-state index contributed by atoms with van der Waals surface area (Å²) in [5.74, 6) is 0.618. The number of nitrogens with one attached hydrogen (secondary N) is 1. The minimum absolute atomic E-state index is 0.0225.